The van der Waals surface area contributed by atoms with Gasteiger partial charge in [0.05, 0.1) is 13.2 Å². The zero-order valence-electron chi connectivity index (χ0n) is 13.9. The van der Waals surface area contributed by atoms with Gasteiger partial charge in [-0.25, -0.2) is 0 Å². The Morgan fingerprint density at radius 1 is 0.920 bits per heavy atom. The first-order valence-corrected chi connectivity index (χ1v) is 8.82. The minimum Gasteiger partial charge on any atom is -0.489 e. The predicted octanol–water partition coefficient (Wildman–Crippen LogP) is 4.71. The second-order valence-corrected chi connectivity index (χ2v) is 6.20. The molecule has 0 fully saturated rings. The van der Waals surface area contributed by atoms with Crippen LogP contribution in [0.2, 0.25) is 0 Å². The molecule has 0 heterocycles. The third-order valence-electron chi connectivity index (χ3n) is 3.97. The Morgan fingerprint density at radius 3 is 2.48 bits per heavy atom. The van der Waals surface area contributed by atoms with Crippen LogP contribution in [0.1, 0.15) is 17.2 Å². The summed E-state index contributed by atoms with van der Waals surface area (Å²) in [7, 11) is 0. The molecule has 0 radical (unpaired) electrons. The molecule has 0 aliphatic carbocycles. The van der Waals surface area contributed by atoms with Gasteiger partial charge in [-0.3, -0.25) is 0 Å². The minimum atomic E-state index is -0.651. The lowest BCUT2D eigenvalue weighted by Gasteiger charge is -2.13. The van der Waals surface area contributed by atoms with Gasteiger partial charge in [0.25, 0.3) is 0 Å². The van der Waals surface area contributed by atoms with E-state index in [4.69, 9.17) is 21.1 Å². The summed E-state index contributed by atoms with van der Waals surface area (Å²) in [6.07, 6.45) is -0.651. The lowest BCUT2D eigenvalue weighted by molar-refractivity contribution is 0.0429. The average molecular weight is 357 g/mol. The van der Waals surface area contributed by atoms with E-state index in [0.717, 1.165) is 27.6 Å². The summed E-state index contributed by atoms with van der Waals surface area (Å²) in [5.41, 5.74) is 1.97. The topological polar surface area (TPSA) is 38.7 Å². The SMILES string of the molecule is OC(COCCCl)c1ccc2cc(OCc3ccccc3)ccc2c1. The van der Waals surface area contributed by atoms with E-state index in [1.165, 1.54) is 0 Å². The van der Waals surface area contributed by atoms with E-state index in [1.54, 1.807) is 0 Å². The summed E-state index contributed by atoms with van der Waals surface area (Å²) >= 11 is 5.57. The number of hydrogen-bond acceptors (Lipinski definition) is 3. The molecule has 0 aromatic heterocycles. The average Bonchev–Trinajstić information content (AvgIpc) is 2.66. The maximum atomic E-state index is 10.2. The molecule has 1 unspecified atom stereocenters. The van der Waals surface area contributed by atoms with Crippen LogP contribution in [-0.4, -0.2) is 24.2 Å². The van der Waals surface area contributed by atoms with Gasteiger partial charge in [0, 0.05) is 5.88 Å². The van der Waals surface area contributed by atoms with E-state index in [9.17, 15) is 5.11 Å². The third kappa shape index (κ3) is 4.95. The molecule has 1 N–H and O–H groups in total. The van der Waals surface area contributed by atoms with Crippen LogP contribution in [-0.2, 0) is 11.3 Å². The van der Waals surface area contributed by atoms with E-state index in [1.807, 2.05) is 66.7 Å². The van der Waals surface area contributed by atoms with Crippen molar-refractivity contribution in [2.45, 2.75) is 12.7 Å². The Bertz CT molecular complexity index is 805. The van der Waals surface area contributed by atoms with Crippen LogP contribution in [0.3, 0.4) is 0 Å². The second kappa shape index (κ2) is 8.86. The third-order valence-corrected chi connectivity index (χ3v) is 4.12. The highest BCUT2D eigenvalue weighted by Gasteiger charge is 2.09. The Morgan fingerprint density at radius 2 is 1.68 bits per heavy atom. The van der Waals surface area contributed by atoms with Gasteiger partial charge in [-0.15, -0.1) is 11.6 Å². The van der Waals surface area contributed by atoms with Gasteiger partial charge in [0.15, 0.2) is 0 Å². The fourth-order valence-electron chi connectivity index (χ4n) is 2.63. The van der Waals surface area contributed by atoms with Crippen molar-refractivity contribution >= 4 is 22.4 Å². The maximum Gasteiger partial charge on any atom is 0.120 e. The number of fused-ring (bicyclic) bond motifs is 1. The smallest absolute Gasteiger partial charge is 0.120 e. The number of halogens is 1. The van der Waals surface area contributed by atoms with Gasteiger partial charge in [-0.1, -0.05) is 48.5 Å². The zero-order chi connectivity index (χ0) is 17.5. The maximum absolute atomic E-state index is 10.2. The molecule has 3 rings (SSSR count). The molecule has 0 aliphatic heterocycles. The van der Waals surface area contributed by atoms with Crippen molar-refractivity contribution in [1.29, 1.82) is 0 Å². The van der Waals surface area contributed by atoms with Crippen molar-refractivity contribution in [3.05, 3.63) is 77.9 Å². The molecule has 25 heavy (non-hydrogen) atoms. The number of benzene rings is 3. The zero-order valence-corrected chi connectivity index (χ0v) is 14.7. The Kier molecular flexibility index (Phi) is 6.29. The largest absolute Gasteiger partial charge is 0.489 e. The molecule has 130 valence electrons. The molecule has 0 saturated heterocycles. The number of aliphatic hydroxyl groups excluding tert-OH is 1. The second-order valence-electron chi connectivity index (χ2n) is 5.82. The summed E-state index contributed by atoms with van der Waals surface area (Å²) in [6, 6.07) is 21.9. The Labute approximate surface area is 152 Å². The lowest BCUT2D eigenvalue weighted by atomic mass is 10.0. The number of ether oxygens (including phenoxy) is 2. The van der Waals surface area contributed by atoms with Gasteiger partial charge < -0.3 is 14.6 Å². The van der Waals surface area contributed by atoms with Crippen molar-refractivity contribution in [2.75, 3.05) is 19.1 Å². The number of rotatable bonds is 8. The lowest BCUT2D eigenvalue weighted by Crippen LogP contribution is -2.08. The number of aliphatic hydroxyl groups is 1. The predicted molar refractivity (Wildman–Crippen MR) is 101 cm³/mol. The molecule has 0 amide bonds. The molecular formula is C21H21ClO3. The van der Waals surface area contributed by atoms with E-state index < -0.39 is 6.10 Å². The number of hydrogen-bond donors (Lipinski definition) is 1. The first kappa shape index (κ1) is 17.7. The van der Waals surface area contributed by atoms with Crippen LogP contribution < -0.4 is 4.74 Å². The minimum absolute atomic E-state index is 0.247. The Balaban J connectivity index is 1.68. The summed E-state index contributed by atoms with van der Waals surface area (Å²) in [4.78, 5) is 0. The van der Waals surface area contributed by atoms with Gasteiger partial charge in [-0.2, -0.15) is 0 Å². The molecule has 0 aliphatic rings. The molecule has 0 saturated carbocycles. The van der Waals surface area contributed by atoms with Crippen molar-refractivity contribution in [3.8, 4) is 5.75 Å². The molecule has 3 nitrogen and oxygen atoms in total. The Hall–Kier alpha value is -2.07. The van der Waals surface area contributed by atoms with E-state index in [-0.39, 0.29) is 6.61 Å². The van der Waals surface area contributed by atoms with E-state index >= 15 is 0 Å². The molecule has 0 spiro atoms. The monoisotopic (exact) mass is 356 g/mol. The molecule has 1 atom stereocenters. The normalized spacial score (nSPS) is 12.2. The highest BCUT2D eigenvalue weighted by Crippen LogP contribution is 2.25. The summed E-state index contributed by atoms with van der Waals surface area (Å²) < 4.78 is 11.2. The first-order valence-electron chi connectivity index (χ1n) is 8.28. The quantitative estimate of drug-likeness (QED) is 0.469. The fraction of sp³-hybridized carbons (Fsp3) is 0.238. The van der Waals surface area contributed by atoms with Crippen molar-refractivity contribution in [3.63, 3.8) is 0 Å². The summed E-state index contributed by atoms with van der Waals surface area (Å²) in [5, 5.41) is 12.3. The first-order chi connectivity index (χ1) is 12.3. The van der Waals surface area contributed by atoms with Crippen LogP contribution in [0.25, 0.3) is 10.8 Å². The number of alkyl halides is 1. The highest BCUT2D eigenvalue weighted by atomic mass is 35.5. The van der Waals surface area contributed by atoms with Crippen molar-refractivity contribution in [2.24, 2.45) is 0 Å². The van der Waals surface area contributed by atoms with Crippen LogP contribution in [0.15, 0.2) is 66.7 Å². The molecular weight excluding hydrogens is 336 g/mol. The van der Waals surface area contributed by atoms with E-state index in [2.05, 4.69) is 0 Å². The van der Waals surface area contributed by atoms with Crippen LogP contribution in [0, 0.1) is 0 Å². The van der Waals surface area contributed by atoms with Crippen LogP contribution in [0.4, 0.5) is 0 Å². The molecule has 3 aromatic carbocycles. The van der Waals surface area contributed by atoms with Gasteiger partial charge >= 0.3 is 0 Å². The van der Waals surface area contributed by atoms with Gasteiger partial charge in [-0.05, 0) is 40.1 Å². The van der Waals surface area contributed by atoms with Crippen LogP contribution >= 0.6 is 11.6 Å². The van der Waals surface area contributed by atoms with Crippen molar-refractivity contribution in [1.82, 2.24) is 0 Å². The van der Waals surface area contributed by atoms with Gasteiger partial charge in [0.2, 0.25) is 0 Å². The molecule has 3 aromatic rings. The standard InChI is InChI=1S/C21H21ClO3/c22-10-11-24-15-21(23)19-7-6-18-13-20(9-8-17(18)12-19)25-14-16-4-2-1-3-5-16/h1-9,12-13,21,23H,10-11,14-15H2. The van der Waals surface area contributed by atoms with Crippen LogP contribution in [0.5, 0.6) is 5.75 Å². The summed E-state index contributed by atoms with van der Waals surface area (Å²) in [6.45, 7) is 1.23. The van der Waals surface area contributed by atoms with E-state index in [0.29, 0.717) is 19.1 Å². The fourth-order valence-corrected chi connectivity index (χ4v) is 2.74. The summed E-state index contributed by atoms with van der Waals surface area (Å²) in [5.74, 6) is 1.26. The molecule has 0 bridgehead atoms. The molecule has 4 heteroatoms. The van der Waals surface area contributed by atoms with Gasteiger partial charge in [0.1, 0.15) is 18.5 Å². The highest BCUT2D eigenvalue weighted by molar-refractivity contribution is 6.17. The van der Waals surface area contributed by atoms with Crippen molar-refractivity contribution < 1.29 is 14.6 Å².